The topological polar surface area (TPSA) is 186 Å². The number of nitrogens with zero attached hydrogens (tertiary/aromatic N) is 4. The smallest absolute Gasteiger partial charge is 0.308 e. The fourth-order valence-corrected chi connectivity index (χ4v) is 5.35. The van der Waals surface area contributed by atoms with E-state index in [1.54, 1.807) is 72.2 Å². The van der Waals surface area contributed by atoms with Crippen LogP contribution in [0.4, 0.5) is 0 Å². The summed E-state index contributed by atoms with van der Waals surface area (Å²) in [6, 6.07) is 17.2. The second-order valence-electron chi connectivity index (χ2n) is 12.3. The van der Waals surface area contributed by atoms with Crippen LogP contribution in [0.1, 0.15) is 50.7 Å². The number of piperazine rings is 2. The Hall–Kier alpha value is -5.48. The third-order valence-corrected chi connectivity index (χ3v) is 8.67. The fourth-order valence-electron chi connectivity index (χ4n) is 5.35. The second-order valence-corrected chi connectivity index (χ2v) is 12.3. The summed E-state index contributed by atoms with van der Waals surface area (Å²) >= 11 is 0. The number of esters is 4. The Kier molecular flexibility index (Phi) is 14.5. The molecule has 52 heavy (non-hydrogen) atoms. The van der Waals surface area contributed by atoms with Crippen molar-refractivity contribution in [2.24, 2.45) is 0 Å². The van der Waals surface area contributed by atoms with Gasteiger partial charge in [0, 0.05) is 12.1 Å². The van der Waals surface area contributed by atoms with Crippen molar-refractivity contribution in [1.82, 2.24) is 19.6 Å². The Morgan fingerprint density at radius 2 is 0.788 bits per heavy atom. The molecule has 0 spiro atoms. The molecule has 278 valence electrons. The molecule has 0 aliphatic carbocycles. The first-order chi connectivity index (χ1) is 24.9. The van der Waals surface area contributed by atoms with Crippen LogP contribution in [0.2, 0.25) is 0 Å². The summed E-state index contributed by atoms with van der Waals surface area (Å²) in [5.74, 6) is -5.15. The fraction of sp³-hybridized carbons (Fsp3) is 0.444. The van der Waals surface area contributed by atoms with E-state index in [0.717, 1.165) is 20.9 Å². The van der Waals surface area contributed by atoms with Gasteiger partial charge in [-0.05, 0) is 25.0 Å². The molecule has 2 aromatic rings. The SMILES string of the molecule is CC(C(C)N1CC(=O)N(COC(=O)CCC(=O)OCc2ccccc2)C(=O)C1)N1CC(=O)N(COC(=O)CCC(=O)OCc2ccccc2)C(=O)C1. The molecule has 4 rings (SSSR count). The van der Waals surface area contributed by atoms with Crippen LogP contribution in [-0.2, 0) is 70.5 Å². The first kappa shape index (κ1) is 39.3. The number of carbonyl (C=O) groups is 8. The van der Waals surface area contributed by atoms with E-state index >= 15 is 0 Å². The largest absolute Gasteiger partial charge is 0.461 e. The van der Waals surface area contributed by atoms with Crippen LogP contribution in [0.5, 0.6) is 0 Å². The number of benzene rings is 2. The zero-order valence-electron chi connectivity index (χ0n) is 29.1. The van der Waals surface area contributed by atoms with Gasteiger partial charge >= 0.3 is 23.9 Å². The van der Waals surface area contributed by atoms with Crippen molar-refractivity contribution in [3.63, 3.8) is 0 Å². The van der Waals surface area contributed by atoms with Crippen molar-refractivity contribution in [2.45, 2.75) is 64.8 Å². The lowest BCUT2D eigenvalue weighted by atomic mass is 10.1. The second kappa shape index (κ2) is 19.2. The van der Waals surface area contributed by atoms with Crippen LogP contribution in [0.25, 0.3) is 0 Å². The maximum absolute atomic E-state index is 12.9. The summed E-state index contributed by atoms with van der Waals surface area (Å²) in [5.41, 5.74) is 1.60. The van der Waals surface area contributed by atoms with Gasteiger partial charge in [0.25, 0.3) is 0 Å². The molecule has 2 fully saturated rings. The highest BCUT2D eigenvalue weighted by molar-refractivity contribution is 6.00. The lowest BCUT2D eigenvalue weighted by Gasteiger charge is -2.43. The molecule has 2 aliphatic heterocycles. The summed E-state index contributed by atoms with van der Waals surface area (Å²) in [6.07, 6.45) is -1.03. The number of rotatable bonds is 17. The van der Waals surface area contributed by atoms with Crippen molar-refractivity contribution >= 4 is 47.5 Å². The Balaban J connectivity index is 1.14. The quantitative estimate of drug-likeness (QED) is 0.129. The van der Waals surface area contributed by atoms with E-state index in [-0.39, 0.29) is 65.1 Å². The van der Waals surface area contributed by atoms with Gasteiger partial charge in [-0.15, -0.1) is 0 Å². The number of hydrogen-bond donors (Lipinski definition) is 0. The Morgan fingerprint density at radius 1 is 0.500 bits per heavy atom. The van der Waals surface area contributed by atoms with Crippen molar-refractivity contribution < 1.29 is 57.3 Å². The van der Waals surface area contributed by atoms with Gasteiger partial charge in [0.2, 0.25) is 23.6 Å². The first-order valence-electron chi connectivity index (χ1n) is 16.8. The maximum Gasteiger partial charge on any atom is 0.308 e. The standard InChI is InChI=1S/C36H42N4O12/c1-25(37-17-29(41)39(30(42)18-37)23-51-35(47)15-13-33(45)49-21-27-9-5-3-6-10-27)26(2)38-19-31(43)40(32(44)20-38)24-52-36(48)16-14-34(46)50-22-28-11-7-4-8-12-28/h3-12,25-26H,13-24H2,1-2H3. The van der Waals surface area contributed by atoms with E-state index in [1.165, 1.54) is 0 Å². The summed E-state index contributed by atoms with van der Waals surface area (Å²) < 4.78 is 20.4. The minimum absolute atomic E-state index is 0.0668. The minimum atomic E-state index is -0.774. The number of hydrogen-bond acceptors (Lipinski definition) is 14. The molecule has 0 bridgehead atoms. The summed E-state index contributed by atoms with van der Waals surface area (Å²) in [5, 5.41) is 0. The van der Waals surface area contributed by atoms with Crippen LogP contribution >= 0.6 is 0 Å². The zero-order valence-corrected chi connectivity index (χ0v) is 29.1. The normalized spacial score (nSPS) is 16.7. The third-order valence-electron chi connectivity index (χ3n) is 8.67. The Bertz CT molecular complexity index is 1460. The first-order valence-corrected chi connectivity index (χ1v) is 16.8. The maximum atomic E-state index is 12.9. The molecule has 4 amide bonds. The van der Waals surface area contributed by atoms with E-state index in [9.17, 15) is 38.4 Å². The molecule has 2 atom stereocenters. The summed E-state index contributed by atoms with van der Waals surface area (Å²) in [7, 11) is 0. The van der Waals surface area contributed by atoms with Gasteiger partial charge in [0.1, 0.15) is 13.2 Å². The van der Waals surface area contributed by atoms with Gasteiger partial charge in [0.05, 0.1) is 51.9 Å². The lowest BCUT2D eigenvalue weighted by Crippen LogP contribution is -2.63. The molecule has 2 heterocycles. The van der Waals surface area contributed by atoms with Crippen molar-refractivity contribution in [1.29, 1.82) is 0 Å². The highest BCUT2D eigenvalue weighted by Gasteiger charge is 2.40. The highest BCUT2D eigenvalue weighted by Crippen LogP contribution is 2.18. The Morgan fingerprint density at radius 3 is 1.10 bits per heavy atom. The van der Waals surface area contributed by atoms with E-state index in [0.29, 0.717) is 0 Å². The molecular formula is C36H42N4O12. The van der Waals surface area contributed by atoms with Crippen LogP contribution in [0.15, 0.2) is 60.7 Å². The molecule has 2 unspecified atom stereocenters. The van der Waals surface area contributed by atoms with E-state index in [2.05, 4.69) is 0 Å². The molecule has 0 saturated carbocycles. The molecule has 0 N–H and O–H groups in total. The van der Waals surface area contributed by atoms with Crippen LogP contribution in [0, 0.1) is 0 Å². The van der Waals surface area contributed by atoms with Crippen LogP contribution < -0.4 is 0 Å². The molecular weight excluding hydrogens is 680 g/mol. The van der Waals surface area contributed by atoms with Gasteiger partial charge in [-0.1, -0.05) is 60.7 Å². The number of amides is 4. The van der Waals surface area contributed by atoms with Gasteiger partial charge < -0.3 is 18.9 Å². The van der Waals surface area contributed by atoms with Crippen molar-refractivity contribution in [3.8, 4) is 0 Å². The van der Waals surface area contributed by atoms with Gasteiger partial charge in [0.15, 0.2) is 13.5 Å². The van der Waals surface area contributed by atoms with Gasteiger partial charge in [-0.2, -0.15) is 0 Å². The molecule has 2 saturated heterocycles. The highest BCUT2D eigenvalue weighted by atomic mass is 16.6. The number of imide groups is 2. The van der Waals surface area contributed by atoms with E-state index < -0.39 is 73.1 Å². The molecule has 16 heteroatoms. The predicted molar refractivity (Wildman–Crippen MR) is 179 cm³/mol. The molecule has 2 aromatic carbocycles. The van der Waals surface area contributed by atoms with Crippen molar-refractivity contribution in [3.05, 3.63) is 71.8 Å². The Labute approximate surface area is 300 Å². The van der Waals surface area contributed by atoms with E-state index in [1.807, 2.05) is 12.1 Å². The molecule has 2 aliphatic rings. The van der Waals surface area contributed by atoms with Crippen molar-refractivity contribution in [2.75, 3.05) is 39.6 Å². The monoisotopic (exact) mass is 722 g/mol. The van der Waals surface area contributed by atoms with E-state index in [4.69, 9.17) is 18.9 Å². The minimum Gasteiger partial charge on any atom is -0.461 e. The third kappa shape index (κ3) is 11.8. The summed E-state index contributed by atoms with van der Waals surface area (Å²) in [6.45, 7) is 1.72. The lowest BCUT2D eigenvalue weighted by molar-refractivity contribution is -0.169. The van der Waals surface area contributed by atoms with Crippen LogP contribution in [-0.4, -0.2) is 119 Å². The van der Waals surface area contributed by atoms with Gasteiger partial charge in [-0.3, -0.25) is 48.2 Å². The molecule has 0 aromatic heterocycles. The van der Waals surface area contributed by atoms with Gasteiger partial charge in [-0.25, -0.2) is 9.80 Å². The number of ether oxygens (including phenoxy) is 4. The average Bonchev–Trinajstić information content (AvgIpc) is 3.13. The molecule has 16 nitrogen and oxygen atoms in total. The molecule has 0 radical (unpaired) electrons. The number of carbonyl (C=O) groups excluding carboxylic acids is 8. The summed E-state index contributed by atoms with van der Waals surface area (Å²) in [4.78, 5) is 105. The average molecular weight is 723 g/mol. The van der Waals surface area contributed by atoms with Crippen LogP contribution in [0.3, 0.4) is 0 Å². The predicted octanol–water partition coefficient (Wildman–Crippen LogP) is 1.15. The zero-order chi connectivity index (χ0) is 37.6.